The molecule has 0 spiro atoms. The van der Waals surface area contributed by atoms with Crippen LogP contribution in [-0.4, -0.2) is 28.2 Å². The summed E-state index contributed by atoms with van der Waals surface area (Å²) in [5.74, 6) is -1.09. The number of hydrogen-bond donors (Lipinski definition) is 1. The van der Waals surface area contributed by atoms with E-state index < -0.39 is 17.2 Å². The average Bonchev–Trinajstić information content (AvgIpc) is 2.61. The van der Waals surface area contributed by atoms with Crippen molar-refractivity contribution in [2.24, 2.45) is 0 Å². The minimum atomic E-state index is -0.652. The van der Waals surface area contributed by atoms with Gasteiger partial charge in [-0.15, -0.1) is 0 Å². The first-order chi connectivity index (χ1) is 13.2. The van der Waals surface area contributed by atoms with Gasteiger partial charge in [0.15, 0.2) is 5.78 Å². The SMILES string of the molecule is Cc1c(C(=O)c2ccc(Cl)cc2Cl)c(O)n(CCCOC(C)C)c(=O)c1C#N. The number of ether oxygens (including phenoxy) is 1. The number of ketones is 1. The largest absolute Gasteiger partial charge is 0.494 e. The molecule has 8 heteroatoms. The number of hydrogen-bond acceptors (Lipinski definition) is 5. The van der Waals surface area contributed by atoms with Crippen LogP contribution in [0.2, 0.25) is 10.0 Å². The summed E-state index contributed by atoms with van der Waals surface area (Å²) in [6.07, 6.45) is 0.455. The smallest absolute Gasteiger partial charge is 0.271 e. The van der Waals surface area contributed by atoms with Gasteiger partial charge in [-0.3, -0.25) is 14.2 Å². The van der Waals surface area contributed by atoms with Crippen LogP contribution in [0.4, 0.5) is 0 Å². The molecule has 0 atom stereocenters. The Balaban J connectivity index is 2.54. The van der Waals surface area contributed by atoms with E-state index in [9.17, 15) is 20.0 Å². The molecule has 1 aromatic carbocycles. The fraction of sp³-hybridized carbons (Fsp3) is 0.350. The summed E-state index contributed by atoms with van der Waals surface area (Å²) in [6.45, 7) is 5.68. The van der Waals surface area contributed by atoms with E-state index >= 15 is 0 Å². The lowest BCUT2D eigenvalue weighted by atomic mass is 9.97. The Bertz CT molecular complexity index is 1010. The fourth-order valence-electron chi connectivity index (χ4n) is 2.78. The number of carbonyl (C=O) groups excluding carboxylic acids is 1. The maximum atomic E-state index is 13.0. The molecule has 0 unspecified atom stereocenters. The van der Waals surface area contributed by atoms with Crippen LogP contribution in [0.1, 0.15) is 47.3 Å². The number of halogens is 2. The van der Waals surface area contributed by atoms with E-state index in [2.05, 4.69) is 0 Å². The molecule has 0 radical (unpaired) electrons. The van der Waals surface area contributed by atoms with Gasteiger partial charge in [-0.2, -0.15) is 5.26 Å². The summed E-state index contributed by atoms with van der Waals surface area (Å²) in [6, 6.07) is 6.17. The highest BCUT2D eigenvalue weighted by Gasteiger charge is 2.26. The van der Waals surface area contributed by atoms with Gasteiger partial charge in [0.05, 0.1) is 16.7 Å². The van der Waals surface area contributed by atoms with E-state index in [4.69, 9.17) is 27.9 Å². The van der Waals surface area contributed by atoms with Crippen LogP contribution in [0, 0.1) is 18.3 Å². The van der Waals surface area contributed by atoms with Crippen molar-refractivity contribution in [3.8, 4) is 11.9 Å². The standard InChI is InChI=1S/C20H20Cl2N2O4/c1-11(2)28-8-4-7-24-19(26)15(10-23)12(3)17(20(24)27)18(25)14-6-5-13(21)9-16(14)22/h5-6,9,11,27H,4,7-8H2,1-3H3. The predicted molar refractivity (Wildman–Crippen MR) is 107 cm³/mol. The zero-order chi connectivity index (χ0) is 21.0. The van der Waals surface area contributed by atoms with E-state index in [1.165, 1.54) is 25.1 Å². The molecule has 0 aliphatic rings. The zero-order valence-corrected chi connectivity index (χ0v) is 17.3. The number of nitriles is 1. The van der Waals surface area contributed by atoms with Gasteiger partial charge in [0, 0.05) is 23.7 Å². The maximum absolute atomic E-state index is 13.0. The molecule has 1 aromatic heterocycles. The normalized spacial score (nSPS) is 10.9. The second kappa shape index (κ2) is 9.24. The lowest BCUT2D eigenvalue weighted by Crippen LogP contribution is -2.27. The molecule has 28 heavy (non-hydrogen) atoms. The van der Waals surface area contributed by atoms with Crippen molar-refractivity contribution < 1.29 is 14.6 Å². The molecule has 0 amide bonds. The summed E-state index contributed by atoms with van der Waals surface area (Å²) in [5.41, 5.74) is -0.764. The number of aromatic hydroxyl groups is 1. The quantitative estimate of drug-likeness (QED) is 0.535. The van der Waals surface area contributed by atoms with Crippen LogP contribution in [0.5, 0.6) is 5.88 Å². The van der Waals surface area contributed by atoms with Gasteiger partial charge >= 0.3 is 0 Å². The number of nitrogens with zero attached hydrogens (tertiary/aromatic N) is 2. The number of rotatable bonds is 7. The summed E-state index contributed by atoms with van der Waals surface area (Å²) in [7, 11) is 0. The molecule has 0 aliphatic carbocycles. The molecular weight excluding hydrogens is 403 g/mol. The number of pyridine rings is 1. The van der Waals surface area contributed by atoms with Gasteiger partial charge in [-0.05, 0) is 51.0 Å². The van der Waals surface area contributed by atoms with E-state index in [0.29, 0.717) is 18.1 Å². The van der Waals surface area contributed by atoms with Crippen LogP contribution < -0.4 is 5.56 Å². The highest BCUT2D eigenvalue weighted by atomic mass is 35.5. The molecular formula is C20H20Cl2N2O4. The van der Waals surface area contributed by atoms with Crippen molar-refractivity contribution in [2.75, 3.05) is 6.61 Å². The Kier molecular flexibility index (Phi) is 7.25. The molecule has 0 bridgehead atoms. The van der Waals surface area contributed by atoms with Crippen LogP contribution in [-0.2, 0) is 11.3 Å². The third-order valence-corrected chi connectivity index (χ3v) is 4.73. The topological polar surface area (TPSA) is 92.3 Å². The molecule has 0 fully saturated rings. The third-order valence-electron chi connectivity index (χ3n) is 4.18. The average molecular weight is 423 g/mol. The molecule has 2 aromatic rings. The van der Waals surface area contributed by atoms with Gasteiger partial charge in [0.25, 0.3) is 5.56 Å². The van der Waals surface area contributed by atoms with E-state index in [0.717, 1.165) is 4.57 Å². The summed E-state index contributed by atoms with van der Waals surface area (Å²) in [4.78, 5) is 25.6. The van der Waals surface area contributed by atoms with Crippen LogP contribution in [0.15, 0.2) is 23.0 Å². The summed E-state index contributed by atoms with van der Waals surface area (Å²) in [5, 5.41) is 20.5. The molecule has 0 aliphatic heterocycles. The van der Waals surface area contributed by atoms with E-state index in [-0.39, 0.29) is 39.9 Å². The highest BCUT2D eigenvalue weighted by molar-refractivity contribution is 6.37. The van der Waals surface area contributed by atoms with Gasteiger partial charge < -0.3 is 9.84 Å². The zero-order valence-electron chi connectivity index (χ0n) is 15.8. The Morgan fingerprint density at radius 1 is 1.36 bits per heavy atom. The monoisotopic (exact) mass is 422 g/mol. The molecule has 1 heterocycles. The van der Waals surface area contributed by atoms with Crippen LogP contribution in [0.25, 0.3) is 0 Å². The second-order valence-corrected chi connectivity index (χ2v) is 7.34. The first-order valence-corrected chi connectivity index (χ1v) is 9.42. The number of carbonyl (C=O) groups is 1. The van der Waals surface area contributed by atoms with Gasteiger partial charge in [-0.25, -0.2) is 0 Å². The first kappa shape index (κ1) is 22.0. The van der Waals surface area contributed by atoms with Crippen molar-refractivity contribution in [3.05, 3.63) is 60.9 Å². The van der Waals surface area contributed by atoms with Gasteiger partial charge in [-0.1, -0.05) is 23.2 Å². The van der Waals surface area contributed by atoms with Gasteiger partial charge in [0.1, 0.15) is 11.6 Å². The van der Waals surface area contributed by atoms with E-state index in [1.807, 2.05) is 19.9 Å². The molecule has 2 rings (SSSR count). The minimum absolute atomic E-state index is 0.0298. The molecule has 148 valence electrons. The lowest BCUT2D eigenvalue weighted by Gasteiger charge is -2.16. The van der Waals surface area contributed by atoms with Crippen LogP contribution in [0.3, 0.4) is 0 Å². The molecule has 0 saturated carbocycles. The Labute approximate surface area is 172 Å². The minimum Gasteiger partial charge on any atom is -0.494 e. The summed E-state index contributed by atoms with van der Waals surface area (Å²) >= 11 is 12.0. The Morgan fingerprint density at radius 3 is 2.61 bits per heavy atom. The first-order valence-electron chi connectivity index (χ1n) is 8.66. The Morgan fingerprint density at radius 2 is 2.04 bits per heavy atom. The molecule has 6 nitrogen and oxygen atoms in total. The molecule has 1 N–H and O–H groups in total. The summed E-state index contributed by atoms with van der Waals surface area (Å²) < 4.78 is 6.46. The van der Waals surface area contributed by atoms with Crippen molar-refractivity contribution in [2.45, 2.75) is 39.8 Å². The van der Waals surface area contributed by atoms with E-state index in [1.54, 1.807) is 0 Å². The maximum Gasteiger partial charge on any atom is 0.271 e. The molecule has 0 saturated heterocycles. The van der Waals surface area contributed by atoms with Crippen molar-refractivity contribution in [1.82, 2.24) is 4.57 Å². The van der Waals surface area contributed by atoms with Crippen molar-refractivity contribution in [1.29, 1.82) is 5.26 Å². The third kappa shape index (κ3) is 4.56. The second-order valence-electron chi connectivity index (χ2n) is 6.49. The fourth-order valence-corrected chi connectivity index (χ4v) is 3.27. The van der Waals surface area contributed by atoms with Crippen molar-refractivity contribution in [3.63, 3.8) is 0 Å². The Hall–Kier alpha value is -2.33. The van der Waals surface area contributed by atoms with Crippen molar-refractivity contribution >= 4 is 29.0 Å². The lowest BCUT2D eigenvalue weighted by molar-refractivity contribution is 0.0743. The number of benzene rings is 1. The van der Waals surface area contributed by atoms with Crippen LogP contribution >= 0.6 is 23.2 Å². The van der Waals surface area contributed by atoms with Gasteiger partial charge in [0.2, 0.25) is 5.88 Å². The number of aromatic nitrogens is 1. The highest BCUT2D eigenvalue weighted by Crippen LogP contribution is 2.29. The predicted octanol–water partition coefficient (Wildman–Crippen LogP) is 4.09.